The first-order valence-electron chi connectivity index (χ1n) is 15.2. The molecule has 4 atom stereocenters. The van der Waals surface area contributed by atoms with Gasteiger partial charge in [-0.1, -0.05) is 43.2 Å². The molecule has 43 heavy (non-hydrogen) atoms. The number of amides is 2. The van der Waals surface area contributed by atoms with Crippen molar-refractivity contribution in [3.63, 3.8) is 0 Å². The van der Waals surface area contributed by atoms with Gasteiger partial charge in [0.25, 0.3) is 5.91 Å². The summed E-state index contributed by atoms with van der Waals surface area (Å²) in [6, 6.07) is 11.3. The molecule has 2 aliphatic heterocycles. The monoisotopic (exact) mass is 627 g/mol. The minimum absolute atomic E-state index is 0.0857. The number of anilines is 1. The van der Waals surface area contributed by atoms with Gasteiger partial charge in [0.05, 0.1) is 23.8 Å². The van der Waals surface area contributed by atoms with Crippen LogP contribution in [0.4, 0.5) is 5.69 Å². The molecular weight excluding hydrogens is 586 g/mol. The Labute approximate surface area is 260 Å². The van der Waals surface area contributed by atoms with Crippen LogP contribution in [0, 0.1) is 11.8 Å². The summed E-state index contributed by atoms with van der Waals surface area (Å²) in [5.41, 5.74) is 1.91. The molecule has 2 bridgehead atoms. The quantitative estimate of drug-likeness (QED) is 0.391. The predicted octanol–water partition coefficient (Wildman–Crippen LogP) is 6.46. The van der Waals surface area contributed by atoms with Gasteiger partial charge in [-0.2, -0.15) is 0 Å². The van der Waals surface area contributed by atoms with Crippen LogP contribution in [-0.2, 0) is 30.7 Å². The number of allylic oxidation sites excluding steroid dienone is 1. The Kier molecular flexibility index (Phi) is 9.54. The molecular formula is C33H42ClN3O5S. The van der Waals surface area contributed by atoms with E-state index in [2.05, 4.69) is 39.1 Å². The summed E-state index contributed by atoms with van der Waals surface area (Å²) in [6.45, 7) is 8.85. The van der Waals surface area contributed by atoms with Crippen molar-refractivity contribution in [1.82, 2.24) is 4.72 Å². The molecule has 1 N–H and O–H groups in total. The first-order valence-corrected chi connectivity index (χ1v) is 17.1. The van der Waals surface area contributed by atoms with Gasteiger partial charge in [0, 0.05) is 31.0 Å². The maximum atomic E-state index is 14.3. The fourth-order valence-corrected chi connectivity index (χ4v) is 7.98. The number of fused-ring (bicyclic) bond motifs is 2. The molecule has 2 aromatic carbocycles. The smallest absolute Gasteiger partial charge is 0.287 e. The number of halogens is 1. The fraction of sp³-hybridized carbons (Fsp3) is 0.515. The van der Waals surface area contributed by atoms with E-state index < -0.39 is 27.3 Å². The van der Waals surface area contributed by atoms with Crippen molar-refractivity contribution in [1.29, 1.82) is 0 Å². The third kappa shape index (κ3) is 7.10. The van der Waals surface area contributed by atoms with E-state index >= 15 is 0 Å². The number of aryl methyl sites for hydroxylation is 1. The number of rotatable bonds is 4. The largest absolute Gasteiger partial charge is 0.491 e. The van der Waals surface area contributed by atoms with Crippen LogP contribution in [0.25, 0.3) is 0 Å². The number of nitrogens with zero attached hydrogens (tertiary/aromatic N) is 2. The molecule has 2 heterocycles. The summed E-state index contributed by atoms with van der Waals surface area (Å²) in [4.78, 5) is 28.1. The van der Waals surface area contributed by atoms with E-state index in [1.54, 1.807) is 32.0 Å². The van der Waals surface area contributed by atoms with E-state index in [4.69, 9.17) is 21.1 Å². The van der Waals surface area contributed by atoms with Crippen LogP contribution in [0.5, 0.6) is 5.75 Å². The average molecular weight is 628 g/mol. The highest BCUT2D eigenvalue weighted by molar-refractivity contribution is 7.92. The van der Waals surface area contributed by atoms with E-state index in [9.17, 15) is 13.8 Å². The zero-order chi connectivity index (χ0) is 30.8. The van der Waals surface area contributed by atoms with Crippen molar-refractivity contribution < 1.29 is 23.3 Å². The molecule has 1 fully saturated rings. The number of carbonyl (C=O) groups is 2. The summed E-state index contributed by atoms with van der Waals surface area (Å²) in [5.74, 6) is 0.523. The molecule has 5 rings (SSSR count). The second-order valence-corrected chi connectivity index (χ2v) is 14.7. The van der Waals surface area contributed by atoms with E-state index in [-0.39, 0.29) is 17.4 Å². The van der Waals surface area contributed by atoms with E-state index in [1.165, 1.54) is 18.1 Å². The van der Waals surface area contributed by atoms with E-state index in [0.29, 0.717) is 30.7 Å². The molecule has 2 amide bonds. The van der Waals surface area contributed by atoms with Crippen LogP contribution in [0.3, 0.4) is 0 Å². The number of hydrogen-bond donors (Lipinski definition) is 1. The molecule has 8 nitrogen and oxygen atoms in total. The van der Waals surface area contributed by atoms with Crippen molar-refractivity contribution in [3.8, 4) is 5.75 Å². The maximum Gasteiger partial charge on any atom is 0.287 e. The minimum atomic E-state index is -3.66. The Morgan fingerprint density at radius 1 is 1.14 bits per heavy atom. The normalized spacial score (nSPS) is 27.9. The minimum Gasteiger partial charge on any atom is -0.491 e. The Bertz CT molecular complexity index is 1530. The van der Waals surface area contributed by atoms with Gasteiger partial charge in [-0.25, -0.2) is 4.21 Å². The van der Waals surface area contributed by atoms with E-state index in [0.717, 1.165) is 49.4 Å². The third-order valence-electron chi connectivity index (χ3n) is 8.72. The molecule has 3 aliphatic rings. The standard InChI is InChI=1S/C33H42ClN3O5S/c1-5-8-24-17-27(34)12-14-29(24)26-20-37-19-25-11-10-23(25)9-6-7-16-42-33(3,4)32(39)36-43(40,35-22(2)38)28-13-15-31(41-21-26)30(37)18-28/h6-7,12-15,17-18,23,25-26H,5,8-11,16,19-21H2,1-4H3,(H,35,36,38,39,40)/b7-6+/t23?,25-,26?,43?/m0/s1. The van der Waals surface area contributed by atoms with E-state index in [1.807, 2.05) is 12.1 Å². The van der Waals surface area contributed by atoms with Crippen molar-refractivity contribution in [2.45, 2.75) is 76.2 Å². The zero-order valence-corrected chi connectivity index (χ0v) is 27.0. The lowest BCUT2D eigenvalue weighted by molar-refractivity contribution is -0.137. The van der Waals surface area contributed by atoms with Gasteiger partial charge in [0.1, 0.15) is 11.4 Å². The Balaban J connectivity index is 1.62. The first kappa shape index (κ1) is 31.5. The molecule has 10 heteroatoms. The lowest BCUT2D eigenvalue weighted by Gasteiger charge is -2.41. The second-order valence-electron chi connectivity index (χ2n) is 12.3. The van der Waals surface area contributed by atoms with Gasteiger partial charge >= 0.3 is 0 Å². The number of benzene rings is 2. The zero-order valence-electron chi connectivity index (χ0n) is 25.4. The Hall–Kier alpha value is -2.88. The molecule has 0 spiro atoms. The van der Waals surface area contributed by atoms with Crippen LogP contribution < -0.4 is 14.4 Å². The summed E-state index contributed by atoms with van der Waals surface area (Å²) in [7, 11) is -3.66. The van der Waals surface area contributed by atoms with Crippen LogP contribution in [0.1, 0.15) is 70.4 Å². The van der Waals surface area contributed by atoms with Crippen molar-refractivity contribution in [3.05, 3.63) is 64.7 Å². The molecule has 3 unspecified atom stereocenters. The van der Waals surface area contributed by atoms with Crippen LogP contribution >= 0.6 is 11.6 Å². The van der Waals surface area contributed by atoms with Crippen LogP contribution in [0.2, 0.25) is 5.02 Å². The van der Waals surface area contributed by atoms with Crippen molar-refractivity contribution in [2.24, 2.45) is 16.2 Å². The summed E-state index contributed by atoms with van der Waals surface area (Å²) in [5, 5.41) is 0.727. The lowest BCUT2D eigenvalue weighted by Crippen LogP contribution is -2.40. The Morgan fingerprint density at radius 3 is 2.65 bits per heavy atom. The van der Waals surface area contributed by atoms with Crippen molar-refractivity contribution >= 4 is 39.0 Å². The second kappa shape index (κ2) is 13.0. The highest BCUT2D eigenvalue weighted by Gasteiger charge is 2.36. The van der Waals surface area contributed by atoms with Gasteiger partial charge in [-0.3, -0.25) is 14.3 Å². The molecule has 0 saturated heterocycles. The topological polar surface area (TPSA) is 97.3 Å². The highest BCUT2D eigenvalue weighted by Crippen LogP contribution is 2.43. The number of ether oxygens (including phenoxy) is 2. The third-order valence-corrected chi connectivity index (χ3v) is 10.8. The number of nitrogens with one attached hydrogen (secondary N) is 1. The van der Waals surface area contributed by atoms with Crippen molar-refractivity contribution in [2.75, 3.05) is 31.2 Å². The lowest BCUT2D eigenvalue weighted by atomic mass is 9.71. The SMILES string of the molecule is CCCc1cc(Cl)ccc1C1COc2ccc3cc2N(C1)C[C@@H]1CCC1C/C=C/COC(C)(C)C(=O)N=S3(=O)NC(C)=O. The van der Waals surface area contributed by atoms with Crippen LogP contribution in [0.15, 0.2) is 57.8 Å². The molecule has 1 saturated carbocycles. The van der Waals surface area contributed by atoms with Gasteiger partial charge in [-0.15, -0.1) is 4.36 Å². The molecule has 2 aromatic rings. The van der Waals surface area contributed by atoms with Gasteiger partial charge in [0.15, 0.2) is 9.92 Å². The highest BCUT2D eigenvalue weighted by atomic mass is 35.5. The molecule has 1 aliphatic carbocycles. The van der Waals surface area contributed by atoms with Gasteiger partial charge in [-0.05, 0) is 92.8 Å². The van der Waals surface area contributed by atoms with Gasteiger partial charge in [0.2, 0.25) is 5.91 Å². The number of carbonyl (C=O) groups excluding carboxylic acids is 2. The summed E-state index contributed by atoms with van der Waals surface area (Å²) in [6.07, 6.45) is 9.24. The molecule has 232 valence electrons. The Morgan fingerprint density at radius 2 is 1.93 bits per heavy atom. The molecule has 0 radical (unpaired) electrons. The fourth-order valence-electron chi connectivity index (χ4n) is 6.15. The average Bonchev–Trinajstić information content (AvgIpc) is 3.11. The molecule has 0 aromatic heterocycles. The summed E-state index contributed by atoms with van der Waals surface area (Å²) >= 11 is 6.40. The maximum absolute atomic E-state index is 14.3. The van der Waals surface area contributed by atoms with Crippen LogP contribution in [-0.4, -0.2) is 47.9 Å². The number of hydrogen-bond acceptors (Lipinski definition) is 6. The predicted molar refractivity (Wildman–Crippen MR) is 170 cm³/mol. The first-order chi connectivity index (χ1) is 20.5. The summed E-state index contributed by atoms with van der Waals surface area (Å²) < 4.78 is 33.2. The van der Waals surface area contributed by atoms with Gasteiger partial charge < -0.3 is 14.4 Å².